The summed E-state index contributed by atoms with van der Waals surface area (Å²) in [6.07, 6.45) is -1.26. The molecule has 0 saturated carbocycles. The van der Waals surface area contributed by atoms with Crippen LogP contribution in [-0.2, 0) is 6.61 Å². The molecule has 2 aromatic rings. The lowest BCUT2D eigenvalue weighted by molar-refractivity contribution is 0.163. The zero-order chi connectivity index (χ0) is 14.0. The number of benzene rings is 1. The molecule has 100 valence electrons. The molecule has 0 aliphatic carbocycles. The van der Waals surface area contributed by atoms with Crippen LogP contribution in [0.4, 0.5) is 0 Å². The lowest BCUT2D eigenvalue weighted by Crippen LogP contribution is -2.09. The van der Waals surface area contributed by atoms with Crippen LogP contribution in [0.5, 0.6) is 5.75 Å². The molecule has 0 bridgehead atoms. The quantitative estimate of drug-likeness (QED) is 0.773. The second-order valence-corrected chi connectivity index (χ2v) is 4.26. The molecular weight excluding hydrogens is 248 g/mol. The van der Waals surface area contributed by atoms with E-state index in [4.69, 9.17) is 9.52 Å². The van der Waals surface area contributed by atoms with Crippen molar-refractivity contribution in [1.29, 1.82) is 0 Å². The second kappa shape index (κ2) is 5.26. The Balaban J connectivity index is 2.48. The molecule has 3 N–H and O–H groups in total. The maximum absolute atomic E-state index is 11.5. The summed E-state index contributed by atoms with van der Waals surface area (Å²) in [7, 11) is 0. The van der Waals surface area contributed by atoms with Crippen molar-refractivity contribution in [2.45, 2.75) is 19.6 Å². The monoisotopic (exact) mass is 262 g/mol. The van der Waals surface area contributed by atoms with Crippen LogP contribution >= 0.6 is 0 Å². The van der Waals surface area contributed by atoms with Crippen molar-refractivity contribution in [1.82, 2.24) is 0 Å². The fourth-order valence-corrected chi connectivity index (χ4v) is 1.72. The SMILES string of the molecule is Cc1ccc(C(O)c2oc(CO)cc(=O)c2O)cc1. The van der Waals surface area contributed by atoms with Crippen molar-refractivity contribution in [2.24, 2.45) is 0 Å². The fourth-order valence-electron chi connectivity index (χ4n) is 1.72. The van der Waals surface area contributed by atoms with Gasteiger partial charge in [0, 0.05) is 6.07 Å². The number of aliphatic hydroxyl groups is 2. The van der Waals surface area contributed by atoms with Gasteiger partial charge in [0.15, 0.2) is 5.76 Å². The third kappa shape index (κ3) is 2.67. The normalized spacial score (nSPS) is 12.4. The lowest BCUT2D eigenvalue weighted by atomic mass is 10.0. The van der Waals surface area contributed by atoms with Crippen molar-refractivity contribution in [2.75, 3.05) is 0 Å². The Hall–Kier alpha value is -2.11. The largest absolute Gasteiger partial charge is 0.502 e. The van der Waals surface area contributed by atoms with E-state index >= 15 is 0 Å². The maximum Gasteiger partial charge on any atom is 0.227 e. The Morgan fingerprint density at radius 3 is 2.47 bits per heavy atom. The van der Waals surface area contributed by atoms with Gasteiger partial charge in [0.1, 0.15) is 18.5 Å². The van der Waals surface area contributed by atoms with Crippen molar-refractivity contribution in [3.63, 3.8) is 0 Å². The first-order valence-electron chi connectivity index (χ1n) is 5.74. The lowest BCUT2D eigenvalue weighted by Gasteiger charge is -2.12. The van der Waals surface area contributed by atoms with E-state index in [1.54, 1.807) is 24.3 Å². The highest BCUT2D eigenvalue weighted by atomic mass is 16.4. The third-order valence-corrected chi connectivity index (χ3v) is 2.80. The molecule has 1 unspecified atom stereocenters. The minimum Gasteiger partial charge on any atom is -0.502 e. The van der Waals surface area contributed by atoms with Crippen LogP contribution in [0.3, 0.4) is 0 Å². The minimum atomic E-state index is -1.26. The average molecular weight is 262 g/mol. The van der Waals surface area contributed by atoms with Gasteiger partial charge in [-0.25, -0.2) is 0 Å². The molecule has 0 aliphatic rings. The van der Waals surface area contributed by atoms with Crippen LogP contribution in [-0.4, -0.2) is 15.3 Å². The first-order valence-corrected chi connectivity index (χ1v) is 5.74. The molecule has 19 heavy (non-hydrogen) atoms. The van der Waals surface area contributed by atoms with Gasteiger partial charge in [0.05, 0.1) is 0 Å². The van der Waals surface area contributed by atoms with Gasteiger partial charge >= 0.3 is 0 Å². The first-order chi connectivity index (χ1) is 9.02. The molecule has 5 heteroatoms. The summed E-state index contributed by atoms with van der Waals surface area (Å²) in [4.78, 5) is 11.5. The van der Waals surface area contributed by atoms with Crippen LogP contribution in [0.15, 0.2) is 39.5 Å². The van der Waals surface area contributed by atoms with Crippen LogP contribution in [0, 0.1) is 6.92 Å². The van der Waals surface area contributed by atoms with Crippen LogP contribution in [0.25, 0.3) is 0 Å². The zero-order valence-electron chi connectivity index (χ0n) is 10.3. The number of aliphatic hydroxyl groups excluding tert-OH is 2. The summed E-state index contributed by atoms with van der Waals surface area (Å²) in [6.45, 7) is 1.42. The molecule has 1 aromatic heterocycles. The maximum atomic E-state index is 11.5. The highest BCUT2D eigenvalue weighted by Gasteiger charge is 2.20. The van der Waals surface area contributed by atoms with E-state index in [0.29, 0.717) is 5.56 Å². The van der Waals surface area contributed by atoms with Gasteiger partial charge in [-0.15, -0.1) is 0 Å². The molecule has 5 nitrogen and oxygen atoms in total. The first kappa shape index (κ1) is 13.3. The molecule has 0 fully saturated rings. The topological polar surface area (TPSA) is 90.9 Å². The molecule has 1 aromatic carbocycles. The highest BCUT2D eigenvalue weighted by Crippen LogP contribution is 2.27. The molecule has 1 atom stereocenters. The van der Waals surface area contributed by atoms with Crippen molar-refractivity contribution >= 4 is 0 Å². The number of hydrogen-bond acceptors (Lipinski definition) is 5. The van der Waals surface area contributed by atoms with E-state index in [1.165, 1.54) is 0 Å². The number of rotatable bonds is 3. The van der Waals surface area contributed by atoms with Gasteiger partial charge in [-0.1, -0.05) is 29.8 Å². The van der Waals surface area contributed by atoms with Gasteiger partial charge in [0.25, 0.3) is 0 Å². The number of aromatic hydroxyl groups is 1. The standard InChI is InChI=1S/C14H14O5/c1-8-2-4-9(5-3-8)12(17)14-13(18)11(16)6-10(7-15)19-14/h2-6,12,15,17-18H,7H2,1H3. The van der Waals surface area contributed by atoms with Gasteiger partial charge in [-0.2, -0.15) is 0 Å². The fraction of sp³-hybridized carbons (Fsp3) is 0.214. The third-order valence-electron chi connectivity index (χ3n) is 2.80. The van der Waals surface area contributed by atoms with Gasteiger partial charge in [0.2, 0.25) is 11.2 Å². The van der Waals surface area contributed by atoms with Crippen LogP contribution < -0.4 is 5.43 Å². The molecule has 0 aliphatic heterocycles. The van der Waals surface area contributed by atoms with Gasteiger partial charge in [-0.3, -0.25) is 4.79 Å². The predicted molar refractivity (Wildman–Crippen MR) is 67.8 cm³/mol. The van der Waals surface area contributed by atoms with Crippen LogP contribution in [0.2, 0.25) is 0 Å². The summed E-state index contributed by atoms with van der Waals surface area (Å²) in [5.41, 5.74) is 0.807. The molecule has 1 heterocycles. The second-order valence-electron chi connectivity index (χ2n) is 4.26. The minimum absolute atomic E-state index is 0.0102. The zero-order valence-corrected chi connectivity index (χ0v) is 10.3. The van der Waals surface area contributed by atoms with Gasteiger partial charge in [-0.05, 0) is 12.5 Å². The summed E-state index contributed by atoms with van der Waals surface area (Å²) >= 11 is 0. The van der Waals surface area contributed by atoms with Crippen LogP contribution in [0.1, 0.15) is 28.8 Å². The Kier molecular flexibility index (Phi) is 3.69. The number of aryl methyl sites for hydroxylation is 1. The van der Waals surface area contributed by atoms with E-state index in [0.717, 1.165) is 11.6 Å². The predicted octanol–water partition coefficient (Wildman–Crippen LogP) is 1.23. The average Bonchev–Trinajstić information content (AvgIpc) is 2.41. The van der Waals surface area contributed by atoms with Crippen molar-refractivity contribution in [3.8, 4) is 5.75 Å². The van der Waals surface area contributed by atoms with Gasteiger partial charge < -0.3 is 19.7 Å². The Morgan fingerprint density at radius 1 is 1.26 bits per heavy atom. The Labute approximate surface area is 109 Å². The van der Waals surface area contributed by atoms with E-state index in [1.807, 2.05) is 6.92 Å². The van der Waals surface area contributed by atoms with E-state index < -0.39 is 23.9 Å². The Bertz CT molecular complexity index is 627. The van der Waals surface area contributed by atoms with E-state index in [2.05, 4.69) is 0 Å². The molecule has 0 saturated heterocycles. The summed E-state index contributed by atoms with van der Waals surface area (Å²) < 4.78 is 5.13. The molecule has 0 radical (unpaired) electrons. The summed E-state index contributed by atoms with van der Waals surface area (Å²) in [5.74, 6) is -0.922. The number of hydrogen-bond donors (Lipinski definition) is 3. The van der Waals surface area contributed by atoms with Crippen molar-refractivity contribution < 1.29 is 19.7 Å². The molecular formula is C14H14O5. The molecule has 2 rings (SSSR count). The molecule has 0 amide bonds. The van der Waals surface area contributed by atoms with Crippen molar-refractivity contribution in [3.05, 3.63) is 63.2 Å². The highest BCUT2D eigenvalue weighted by molar-refractivity contribution is 5.34. The van der Waals surface area contributed by atoms with E-state index in [9.17, 15) is 15.0 Å². The smallest absolute Gasteiger partial charge is 0.227 e. The van der Waals surface area contributed by atoms with E-state index in [-0.39, 0.29) is 11.5 Å². The molecule has 0 spiro atoms. The Morgan fingerprint density at radius 2 is 1.89 bits per heavy atom. The summed E-state index contributed by atoms with van der Waals surface area (Å²) in [5, 5.41) is 28.8. The summed E-state index contributed by atoms with van der Waals surface area (Å²) in [6, 6.07) is 7.92.